The summed E-state index contributed by atoms with van der Waals surface area (Å²) in [5, 5.41) is 11.0. The molecule has 1 aliphatic rings. The fourth-order valence-electron chi connectivity index (χ4n) is 2.88. The van der Waals surface area contributed by atoms with Gasteiger partial charge in [-0.1, -0.05) is 40.2 Å². The van der Waals surface area contributed by atoms with Gasteiger partial charge in [0, 0.05) is 16.6 Å². The summed E-state index contributed by atoms with van der Waals surface area (Å²) in [5.41, 5.74) is 0.557. The second-order valence-corrected chi connectivity index (χ2v) is 5.99. The number of hydrogen-bond donors (Lipinski definition) is 1. The molecule has 1 aliphatic heterocycles. The van der Waals surface area contributed by atoms with Crippen LogP contribution in [-0.4, -0.2) is 34.5 Å². The Morgan fingerprint density at radius 3 is 2.62 bits per heavy atom. The molecule has 0 bridgehead atoms. The molecule has 3 rings (SSSR count). The smallest absolute Gasteiger partial charge is 0.326 e. The van der Waals surface area contributed by atoms with Crippen LogP contribution in [0.5, 0.6) is 0 Å². The molecular weight excluding hydrogens is 334 g/mol. The first kappa shape index (κ1) is 14.1. The van der Waals surface area contributed by atoms with E-state index in [0.717, 1.165) is 21.7 Å². The Kier molecular flexibility index (Phi) is 3.68. The van der Waals surface area contributed by atoms with Gasteiger partial charge >= 0.3 is 5.97 Å². The Hall–Kier alpha value is -1.88. The van der Waals surface area contributed by atoms with Crippen molar-refractivity contribution in [2.24, 2.45) is 0 Å². The number of likely N-dealkylation sites (tertiary alicyclic amines) is 1. The molecule has 108 valence electrons. The van der Waals surface area contributed by atoms with Gasteiger partial charge in [-0.05, 0) is 35.7 Å². The van der Waals surface area contributed by atoms with Gasteiger partial charge in [0.1, 0.15) is 6.04 Å². The molecule has 0 aliphatic carbocycles. The fourth-order valence-corrected chi connectivity index (χ4v) is 3.38. The second-order valence-electron chi connectivity index (χ2n) is 5.14. The maximum Gasteiger partial charge on any atom is 0.326 e. The average molecular weight is 348 g/mol. The first-order valence-corrected chi connectivity index (χ1v) is 7.60. The maximum absolute atomic E-state index is 12.7. The second kappa shape index (κ2) is 5.48. The monoisotopic (exact) mass is 347 g/mol. The molecule has 0 spiro atoms. The van der Waals surface area contributed by atoms with Gasteiger partial charge in [0.25, 0.3) is 5.91 Å². The van der Waals surface area contributed by atoms with Crippen molar-refractivity contribution in [3.05, 3.63) is 46.4 Å². The number of carboxylic acid groups (broad SMARTS) is 1. The highest BCUT2D eigenvalue weighted by Crippen LogP contribution is 2.29. The maximum atomic E-state index is 12.7. The van der Waals surface area contributed by atoms with E-state index in [1.807, 2.05) is 30.3 Å². The molecule has 1 unspecified atom stereocenters. The Balaban J connectivity index is 2.06. The molecule has 1 fully saturated rings. The predicted octanol–water partition coefficient (Wildman–Crippen LogP) is 3.29. The molecule has 0 aromatic heterocycles. The minimum Gasteiger partial charge on any atom is -0.480 e. The molecule has 0 radical (unpaired) electrons. The quantitative estimate of drug-likeness (QED) is 0.906. The number of nitrogens with zero attached hydrogens (tertiary/aromatic N) is 1. The third-order valence-corrected chi connectivity index (χ3v) is 4.59. The van der Waals surface area contributed by atoms with Crippen molar-refractivity contribution >= 4 is 38.6 Å². The van der Waals surface area contributed by atoms with Gasteiger partial charge in [0.05, 0.1) is 0 Å². The SMILES string of the molecule is O=C(O)C1CCCN1C(=O)c1cccc2c(Br)cccc12. The fraction of sp³-hybridized carbons (Fsp3) is 0.250. The molecule has 1 saturated heterocycles. The number of halogens is 1. The van der Waals surface area contributed by atoms with E-state index in [-0.39, 0.29) is 5.91 Å². The van der Waals surface area contributed by atoms with Crippen molar-refractivity contribution in [2.45, 2.75) is 18.9 Å². The zero-order valence-corrected chi connectivity index (χ0v) is 12.8. The van der Waals surface area contributed by atoms with Crippen LogP contribution in [0, 0.1) is 0 Å². The zero-order chi connectivity index (χ0) is 15.0. The van der Waals surface area contributed by atoms with Crippen molar-refractivity contribution in [3.8, 4) is 0 Å². The largest absolute Gasteiger partial charge is 0.480 e. The van der Waals surface area contributed by atoms with Crippen LogP contribution in [0.2, 0.25) is 0 Å². The summed E-state index contributed by atoms with van der Waals surface area (Å²) >= 11 is 3.48. The number of aliphatic carboxylic acids is 1. The van der Waals surface area contributed by atoms with Gasteiger partial charge in [0.2, 0.25) is 0 Å². The summed E-state index contributed by atoms with van der Waals surface area (Å²) in [6.45, 7) is 0.500. The molecule has 21 heavy (non-hydrogen) atoms. The molecule has 5 heteroatoms. The summed E-state index contributed by atoms with van der Waals surface area (Å²) in [4.78, 5) is 25.5. The van der Waals surface area contributed by atoms with E-state index in [0.29, 0.717) is 18.5 Å². The van der Waals surface area contributed by atoms with Crippen molar-refractivity contribution in [2.75, 3.05) is 6.54 Å². The normalized spacial score (nSPS) is 18.1. The van der Waals surface area contributed by atoms with Crippen molar-refractivity contribution in [1.29, 1.82) is 0 Å². The van der Waals surface area contributed by atoms with Crippen LogP contribution >= 0.6 is 15.9 Å². The number of carboxylic acids is 1. The highest BCUT2D eigenvalue weighted by Gasteiger charge is 2.34. The topological polar surface area (TPSA) is 57.6 Å². The highest BCUT2D eigenvalue weighted by atomic mass is 79.9. The standard InChI is InChI=1S/C16H14BrNO3/c17-13-7-2-4-10-11(13)5-1-6-12(10)15(19)18-9-3-8-14(18)16(20)21/h1-2,4-7,14H,3,8-9H2,(H,20,21). The third-order valence-electron chi connectivity index (χ3n) is 3.90. The van der Waals surface area contributed by atoms with Crippen molar-refractivity contribution in [3.63, 3.8) is 0 Å². The zero-order valence-electron chi connectivity index (χ0n) is 11.3. The Labute approximate surface area is 130 Å². The number of hydrogen-bond acceptors (Lipinski definition) is 2. The lowest BCUT2D eigenvalue weighted by Gasteiger charge is -2.22. The predicted molar refractivity (Wildman–Crippen MR) is 83.3 cm³/mol. The van der Waals surface area contributed by atoms with Gasteiger partial charge < -0.3 is 10.0 Å². The number of fused-ring (bicyclic) bond motifs is 1. The lowest BCUT2D eigenvalue weighted by Crippen LogP contribution is -2.40. The number of carbonyl (C=O) groups excluding carboxylic acids is 1. The lowest BCUT2D eigenvalue weighted by molar-refractivity contribution is -0.141. The first-order chi connectivity index (χ1) is 10.1. The summed E-state index contributed by atoms with van der Waals surface area (Å²) in [6.07, 6.45) is 1.26. The summed E-state index contributed by atoms with van der Waals surface area (Å²) in [6, 6.07) is 10.5. The van der Waals surface area contributed by atoms with E-state index < -0.39 is 12.0 Å². The van der Waals surface area contributed by atoms with E-state index in [4.69, 9.17) is 0 Å². The van der Waals surface area contributed by atoms with Crippen molar-refractivity contribution < 1.29 is 14.7 Å². The average Bonchev–Trinajstić information content (AvgIpc) is 2.96. The minimum atomic E-state index is -0.928. The van der Waals surface area contributed by atoms with Gasteiger partial charge in [-0.15, -0.1) is 0 Å². The van der Waals surface area contributed by atoms with Crippen LogP contribution in [0.4, 0.5) is 0 Å². The number of carbonyl (C=O) groups is 2. The van der Waals surface area contributed by atoms with Gasteiger partial charge in [-0.3, -0.25) is 4.79 Å². The van der Waals surface area contributed by atoms with Crippen molar-refractivity contribution in [1.82, 2.24) is 4.90 Å². The lowest BCUT2D eigenvalue weighted by atomic mass is 10.0. The third kappa shape index (κ3) is 2.42. The first-order valence-electron chi connectivity index (χ1n) is 6.80. The molecule has 0 saturated carbocycles. The van der Waals surface area contributed by atoms with Gasteiger partial charge in [0.15, 0.2) is 0 Å². The molecule has 1 atom stereocenters. The number of benzene rings is 2. The van der Waals surface area contributed by atoms with Crippen LogP contribution in [0.25, 0.3) is 10.8 Å². The molecule has 2 aromatic rings. The van der Waals surface area contributed by atoms with Crippen LogP contribution in [0.1, 0.15) is 23.2 Å². The molecule has 1 N–H and O–H groups in total. The molecule has 2 aromatic carbocycles. The van der Waals surface area contributed by atoms with Gasteiger partial charge in [-0.2, -0.15) is 0 Å². The minimum absolute atomic E-state index is 0.205. The highest BCUT2D eigenvalue weighted by molar-refractivity contribution is 9.10. The number of amides is 1. The molecule has 1 heterocycles. The number of rotatable bonds is 2. The van der Waals surface area contributed by atoms with Crippen LogP contribution in [0.3, 0.4) is 0 Å². The molecular formula is C16H14BrNO3. The van der Waals surface area contributed by atoms with E-state index in [1.165, 1.54) is 4.90 Å². The molecule has 1 amide bonds. The Morgan fingerprint density at radius 1 is 1.14 bits per heavy atom. The summed E-state index contributed by atoms with van der Waals surface area (Å²) in [7, 11) is 0. The molecule has 4 nitrogen and oxygen atoms in total. The summed E-state index contributed by atoms with van der Waals surface area (Å²) < 4.78 is 0.922. The van der Waals surface area contributed by atoms with E-state index >= 15 is 0 Å². The van der Waals surface area contributed by atoms with E-state index in [9.17, 15) is 14.7 Å². The van der Waals surface area contributed by atoms with Crippen LogP contribution in [-0.2, 0) is 4.79 Å². The van der Waals surface area contributed by atoms with E-state index in [1.54, 1.807) is 6.07 Å². The van der Waals surface area contributed by atoms with Crippen LogP contribution < -0.4 is 0 Å². The summed E-state index contributed by atoms with van der Waals surface area (Å²) in [5.74, 6) is -1.13. The Morgan fingerprint density at radius 2 is 1.86 bits per heavy atom. The van der Waals surface area contributed by atoms with Crippen LogP contribution in [0.15, 0.2) is 40.9 Å². The van der Waals surface area contributed by atoms with E-state index in [2.05, 4.69) is 15.9 Å². The van der Waals surface area contributed by atoms with Gasteiger partial charge in [-0.25, -0.2) is 4.79 Å². The Bertz CT molecular complexity index is 729.